The normalized spacial score (nSPS) is 44.2. The van der Waals surface area contributed by atoms with Crippen LogP contribution in [0.5, 0.6) is 0 Å². The lowest BCUT2D eigenvalue weighted by atomic mass is 9.84. The van der Waals surface area contributed by atoms with E-state index in [1.54, 1.807) is 0 Å². The van der Waals surface area contributed by atoms with Crippen LogP contribution in [0.2, 0.25) is 0 Å². The molecule has 1 N–H and O–H groups in total. The standard InChI is InChI=1S/C17H28N2O/c20-17(15-11-13-6-1-3-7-14(13)18-15)19-10-9-12-5-2-4-8-16(12)19/h12-16,18H,1-11H2. The zero-order valence-electron chi connectivity index (χ0n) is 12.5. The number of amides is 1. The summed E-state index contributed by atoms with van der Waals surface area (Å²) < 4.78 is 0. The van der Waals surface area contributed by atoms with E-state index in [9.17, 15) is 4.79 Å². The molecule has 3 nitrogen and oxygen atoms in total. The van der Waals surface area contributed by atoms with Crippen molar-refractivity contribution in [2.45, 2.75) is 82.3 Å². The Morgan fingerprint density at radius 1 is 0.900 bits per heavy atom. The van der Waals surface area contributed by atoms with Crippen LogP contribution in [0.1, 0.15) is 64.2 Å². The SMILES string of the molecule is O=C(C1CC2CCCCC2N1)N1CCC2CCCCC21. The number of hydrogen-bond donors (Lipinski definition) is 1. The lowest BCUT2D eigenvalue weighted by Crippen LogP contribution is -2.48. The van der Waals surface area contributed by atoms with Gasteiger partial charge in [-0.25, -0.2) is 0 Å². The molecule has 2 aliphatic carbocycles. The van der Waals surface area contributed by atoms with Crippen molar-refractivity contribution >= 4 is 5.91 Å². The molecule has 2 heterocycles. The lowest BCUT2D eigenvalue weighted by molar-refractivity contribution is -0.134. The third-order valence-corrected chi connectivity index (χ3v) is 6.45. The number of carbonyl (C=O) groups is 1. The zero-order valence-corrected chi connectivity index (χ0v) is 12.5. The Balaban J connectivity index is 1.42. The second-order valence-electron chi connectivity index (χ2n) is 7.54. The summed E-state index contributed by atoms with van der Waals surface area (Å²) in [7, 11) is 0. The molecule has 3 heteroatoms. The predicted octanol–water partition coefficient (Wildman–Crippen LogP) is 2.70. The average molecular weight is 276 g/mol. The van der Waals surface area contributed by atoms with Crippen LogP contribution in [-0.2, 0) is 4.79 Å². The van der Waals surface area contributed by atoms with Crippen LogP contribution >= 0.6 is 0 Å². The largest absolute Gasteiger partial charge is 0.338 e. The highest BCUT2D eigenvalue weighted by atomic mass is 16.2. The summed E-state index contributed by atoms with van der Waals surface area (Å²) in [5.74, 6) is 2.03. The molecular weight excluding hydrogens is 248 g/mol. The van der Waals surface area contributed by atoms with E-state index in [1.807, 2.05) is 0 Å². The predicted molar refractivity (Wildman–Crippen MR) is 79.4 cm³/mol. The number of nitrogens with one attached hydrogen (secondary N) is 1. The van der Waals surface area contributed by atoms with Crippen LogP contribution in [0.4, 0.5) is 0 Å². The molecule has 1 amide bonds. The molecule has 0 aromatic heterocycles. The Morgan fingerprint density at radius 2 is 1.65 bits per heavy atom. The van der Waals surface area contributed by atoms with Crippen molar-refractivity contribution in [2.75, 3.05) is 6.54 Å². The van der Waals surface area contributed by atoms with Gasteiger partial charge in [-0.1, -0.05) is 25.7 Å². The smallest absolute Gasteiger partial charge is 0.239 e. The summed E-state index contributed by atoms with van der Waals surface area (Å²) >= 11 is 0. The molecule has 4 rings (SSSR count). The van der Waals surface area contributed by atoms with E-state index < -0.39 is 0 Å². The van der Waals surface area contributed by atoms with Crippen molar-refractivity contribution in [2.24, 2.45) is 11.8 Å². The van der Waals surface area contributed by atoms with Crippen molar-refractivity contribution in [3.8, 4) is 0 Å². The second kappa shape index (κ2) is 5.32. The van der Waals surface area contributed by atoms with E-state index in [2.05, 4.69) is 10.2 Å². The Bertz CT molecular complexity index is 369. The highest BCUT2D eigenvalue weighted by Gasteiger charge is 2.44. The molecule has 2 saturated heterocycles. The van der Waals surface area contributed by atoms with Gasteiger partial charge >= 0.3 is 0 Å². The molecule has 112 valence electrons. The van der Waals surface area contributed by atoms with Gasteiger partial charge in [-0.05, 0) is 50.4 Å². The van der Waals surface area contributed by atoms with Crippen LogP contribution in [-0.4, -0.2) is 35.5 Å². The number of nitrogens with zero attached hydrogens (tertiary/aromatic N) is 1. The monoisotopic (exact) mass is 276 g/mol. The minimum absolute atomic E-state index is 0.142. The molecule has 0 aromatic carbocycles. The van der Waals surface area contributed by atoms with Crippen LogP contribution in [0, 0.1) is 11.8 Å². The van der Waals surface area contributed by atoms with Crippen molar-refractivity contribution in [3.63, 3.8) is 0 Å². The molecule has 5 atom stereocenters. The minimum Gasteiger partial charge on any atom is -0.338 e. The Morgan fingerprint density at radius 3 is 2.50 bits per heavy atom. The fourth-order valence-corrected chi connectivity index (χ4v) is 5.39. The maximum Gasteiger partial charge on any atom is 0.239 e. The first-order valence-electron chi connectivity index (χ1n) is 8.89. The molecule has 5 unspecified atom stereocenters. The van der Waals surface area contributed by atoms with Gasteiger partial charge in [0, 0.05) is 18.6 Å². The second-order valence-corrected chi connectivity index (χ2v) is 7.54. The molecule has 0 spiro atoms. The van der Waals surface area contributed by atoms with Gasteiger partial charge in [-0.2, -0.15) is 0 Å². The van der Waals surface area contributed by atoms with Crippen molar-refractivity contribution in [1.82, 2.24) is 10.2 Å². The van der Waals surface area contributed by atoms with Crippen LogP contribution in [0.25, 0.3) is 0 Å². The molecule has 4 aliphatic rings. The molecule has 0 bridgehead atoms. The molecule has 20 heavy (non-hydrogen) atoms. The number of likely N-dealkylation sites (tertiary alicyclic amines) is 1. The van der Waals surface area contributed by atoms with E-state index in [0.29, 0.717) is 18.0 Å². The topological polar surface area (TPSA) is 32.3 Å². The molecule has 0 aromatic rings. The van der Waals surface area contributed by atoms with Crippen molar-refractivity contribution < 1.29 is 4.79 Å². The van der Waals surface area contributed by atoms with Crippen molar-refractivity contribution in [3.05, 3.63) is 0 Å². The van der Waals surface area contributed by atoms with Gasteiger partial charge in [0.15, 0.2) is 0 Å². The van der Waals surface area contributed by atoms with Crippen molar-refractivity contribution in [1.29, 1.82) is 0 Å². The average Bonchev–Trinajstić information content (AvgIpc) is 3.10. The van der Waals surface area contributed by atoms with E-state index in [-0.39, 0.29) is 6.04 Å². The maximum atomic E-state index is 12.9. The van der Waals surface area contributed by atoms with Gasteiger partial charge in [0.1, 0.15) is 0 Å². The number of hydrogen-bond acceptors (Lipinski definition) is 2. The third-order valence-electron chi connectivity index (χ3n) is 6.45. The molecule has 2 saturated carbocycles. The number of carbonyl (C=O) groups excluding carboxylic acids is 1. The molecule has 4 fully saturated rings. The first-order valence-corrected chi connectivity index (χ1v) is 8.89. The van der Waals surface area contributed by atoms with E-state index >= 15 is 0 Å². The van der Waals surface area contributed by atoms with Crippen LogP contribution < -0.4 is 5.32 Å². The highest BCUT2D eigenvalue weighted by molar-refractivity contribution is 5.83. The number of fused-ring (bicyclic) bond motifs is 2. The Kier molecular flexibility index (Phi) is 3.49. The Labute approximate surface area is 122 Å². The van der Waals surface area contributed by atoms with E-state index in [4.69, 9.17) is 0 Å². The van der Waals surface area contributed by atoms with Gasteiger partial charge in [0.05, 0.1) is 6.04 Å². The highest BCUT2D eigenvalue weighted by Crippen LogP contribution is 2.38. The third kappa shape index (κ3) is 2.18. The molecule has 0 radical (unpaired) electrons. The van der Waals surface area contributed by atoms with Crippen LogP contribution in [0.3, 0.4) is 0 Å². The van der Waals surface area contributed by atoms with Gasteiger partial charge in [0.25, 0.3) is 0 Å². The summed E-state index contributed by atoms with van der Waals surface area (Å²) in [5.41, 5.74) is 0. The lowest BCUT2D eigenvalue weighted by Gasteiger charge is -2.33. The minimum atomic E-state index is 0.142. The molecule has 2 aliphatic heterocycles. The maximum absolute atomic E-state index is 12.9. The Hall–Kier alpha value is -0.570. The van der Waals surface area contributed by atoms with E-state index in [0.717, 1.165) is 24.8 Å². The number of rotatable bonds is 1. The zero-order chi connectivity index (χ0) is 13.5. The summed E-state index contributed by atoms with van der Waals surface area (Å²) in [4.78, 5) is 15.2. The van der Waals surface area contributed by atoms with E-state index in [1.165, 1.54) is 57.8 Å². The fraction of sp³-hybridized carbons (Fsp3) is 0.941. The quantitative estimate of drug-likeness (QED) is 0.798. The van der Waals surface area contributed by atoms with Gasteiger partial charge < -0.3 is 10.2 Å². The van der Waals surface area contributed by atoms with Crippen LogP contribution in [0.15, 0.2) is 0 Å². The summed E-state index contributed by atoms with van der Waals surface area (Å²) in [6, 6.07) is 1.37. The van der Waals surface area contributed by atoms with Gasteiger partial charge in [-0.15, -0.1) is 0 Å². The van der Waals surface area contributed by atoms with Gasteiger partial charge in [-0.3, -0.25) is 4.79 Å². The summed E-state index contributed by atoms with van der Waals surface area (Å²) in [6.45, 7) is 1.03. The first-order chi connectivity index (χ1) is 9.83. The van der Waals surface area contributed by atoms with Gasteiger partial charge in [0.2, 0.25) is 5.91 Å². The summed E-state index contributed by atoms with van der Waals surface area (Å²) in [5, 5.41) is 3.67. The fourth-order valence-electron chi connectivity index (χ4n) is 5.39. The first kappa shape index (κ1) is 13.1. The molecular formula is C17H28N2O. The summed E-state index contributed by atoms with van der Waals surface area (Å²) in [6.07, 6.45) is 13.1.